The average molecular weight is 342 g/mol. The molecule has 0 saturated heterocycles. The summed E-state index contributed by atoms with van der Waals surface area (Å²) in [7, 11) is 2.72. The number of anilines is 1. The van der Waals surface area contributed by atoms with E-state index in [0.29, 0.717) is 5.56 Å². The van der Waals surface area contributed by atoms with Gasteiger partial charge in [-0.2, -0.15) is 0 Å². The van der Waals surface area contributed by atoms with Crippen LogP contribution in [0.15, 0.2) is 42.5 Å². The second kappa shape index (κ2) is 7.87. The third-order valence-electron chi connectivity index (χ3n) is 3.33. The molecule has 0 aliphatic heterocycles. The SMILES string of the molecule is COc1cc(/C=C/C(=O)Nc2ccccc2C(=O)O)cc(OC)c1[O-]. The van der Waals surface area contributed by atoms with E-state index in [4.69, 9.17) is 14.6 Å². The van der Waals surface area contributed by atoms with Crippen LogP contribution in [-0.2, 0) is 4.79 Å². The van der Waals surface area contributed by atoms with Gasteiger partial charge in [0.15, 0.2) is 0 Å². The summed E-state index contributed by atoms with van der Waals surface area (Å²) in [6.07, 6.45) is 2.68. The molecule has 2 aromatic carbocycles. The van der Waals surface area contributed by atoms with Crippen LogP contribution in [0.25, 0.3) is 6.08 Å². The van der Waals surface area contributed by atoms with E-state index < -0.39 is 11.9 Å². The molecule has 7 nitrogen and oxygen atoms in total. The van der Waals surface area contributed by atoms with Gasteiger partial charge >= 0.3 is 5.97 Å². The van der Waals surface area contributed by atoms with Gasteiger partial charge < -0.3 is 25.0 Å². The van der Waals surface area contributed by atoms with Gasteiger partial charge in [0.05, 0.1) is 25.5 Å². The number of nitrogens with one attached hydrogen (secondary N) is 1. The molecule has 2 rings (SSSR count). The van der Waals surface area contributed by atoms with Gasteiger partial charge in [0.2, 0.25) is 5.91 Å². The number of amides is 1. The van der Waals surface area contributed by atoms with Crippen molar-refractivity contribution in [1.29, 1.82) is 0 Å². The lowest BCUT2D eigenvalue weighted by Gasteiger charge is -2.17. The molecule has 0 atom stereocenters. The summed E-state index contributed by atoms with van der Waals surface area (Å²) in [4.78, 5) is 23.2. The van der Waals surface area contributed by atoms with Crippen molar-refractivity contribution in [2.75, 3.05) is 19.5 Å². The van der Waals surface area contributed by atoms with E-state index in [-0.39, 0.29) is 28.5 Å². The number of benzene rings is 2. The number of carboxylic acids is 1. The van der Waals surface area contributed by atoms with Crippen molar-refractivity contribution in [3.8, 4) is 17.2 Å². The van der Waals surface area contributed by atoms with Gasteiger partial charge in [-0.05, 0) is 41.7 Å². The first-order chi connectivity index (χ1) is 12.0. The van der Waals surface area contributed by atoms with Crippen molar-refractivity contribution in [1.82, 2.24) is 0 Å². The Morgan fingerprint density at radius 1 is 1.12 bits per heavy atom. The second-order valence-electron chi connectivity index (χ2n) is 4.93. The molecular weight excluding hydrogens is 326 g/mol. The first-order valence-corrected chi connectivity index (χ1v) is 7.20. The zero-order valence-electron chi connectivity index (χ0n) is 13.6. The number of methoxy groups -OCH3 is 2. The van der Waals surface area contributed by atoms with Gasteiger partial charge in [-0.25, -0.2) is 4.79 Å². The number of para-hydroxylation sites is 1. The minimum absolute atomic E-state index is 0.0108. The maximum Gasteiger partial charge on any atom is 0.337 e. The fourth-order valence-electron chi connectivity index (χ4n) is 2.12. The molecule has 2 aromatic rings. The summed E-state index contributed by atoms with van der Waals surface area (Å²) in [6.45, 7) is 0. The van der Waals surface area contributed by atoms with E-state index in [1.165, 1.54) is 50.6 Å². The molecule has 0 aliphatic rings. The Morgan fingerprint density at radius 2 is 1.72 bits per heavy atom. The normalized spacial score (nSPS) is 10.5. The summed E-state index contributed by atoms with van der Waals surface area (Å²) in [5.41, 5.74) is 0.702. The molecule has 0 spiro atoms. The van der Waals surface area contributed by atoms with Gasteiger partial charge in [0, 0.05) is 6.08 Å². The molecule has 2 N–H and O–H groups in total. The van der Waals surface area contributed by atoms with Crippen molar-refractivity contribution < 1.29 is 29.3 Å². The Bertz CT molecular complexity index is 803. The number of carbonyl (C=O) groups is 2. The van der Waals surface area contributed by atoms with Crippen LogP contribution in [0.4, 0.5) is 5.69 Å². The molecule has 1 amide bonds. The predicted molar refractivity (Wildman–Crippen MR) is 90.1 cm³/mol. The summed E-state index contributed by atoms with van der Waals surface area (Å²) < 4.78 is 9.96. The number of hydrogen-bond donors (Lipinski definition) is 2. The molecule has 0 bridgehead atoms. The van der Waals surface area contributed by atoms with Crippen molar-refractivity contribution in [2.24, 2.45) is 0 Å². The average Bonchev–Trinajstić information content (AvgIpc) is 2.61. The van der Waals surface area contributed by atoms with Crippen LogP contribution in [0.3, 0.4) is 0 Å². The Balaban J connectivity index is 2.20. The highest BCUT2D eigenvalue weighted by Crippen LogP contribution is 2.35. The van der Waals surface area contributed by atoms with Gasteiger partial charge in [0.1, 0.15) is 11.5 Å². The number of ether oxygens (including phenoxy) is 2. The zero-order chi connectivity index (χ0) is 18.4. The third kappa shape index (κ3) is 4.29. The summed E-state index contributed by atoms with van der Waals surface area (Å²) in [5.74, 6) is -1.86. The molecule has 0 fully saturated rings. The molecule has 7 heteroatoms. The lowest BCUT2D eigenvalue weighted by atomic mass is 10.1. The zero-order valence-corrected chi connectivity index (χ0v) is 13.6. The number of rotatable bonds is 6. The highest BCUT2D eigenvalue weighted by molar-refractivity contribution is 6.06. The minimum Gasteiger partial charge on any atom is -0.867 e. The predicted octanol–water partition coefficient (Wildman–Crippen LogP) is 2.13. The number of aromatic carboxylic acids is 1. The Morgan fingerprint density at radius 3 is 2.28 bits per heavy atom. The highest BCUT2D eigenvalue weighted by Gasteiger charge is 2.10. The quantitative estimate of drug-likeness (QED) is 0.779. The standard InChI is InChI=1S/C18H17NO6/c1-24-14-9-11(10-15(25-2)17(14)21)7-8-16(20)19-13-6-4-3-5-12(13)18(22)23/h3-10,21H,1-2H3,(H,19,20)(H,22,23)/p-1/b8-7+. The van der Waals surface area contributed by atoms with Gasteiger partial charge in [0.25, 0.3) is 0 Å². The molecule has 0 heterocycles. The molecule has 25 heavy (non-hydrogen) atoms. The maximum atomic E-state index is 12.0. The van der Waals surface area contributed by atoms with Crippen molar-refractivity contribution >= 4 is 23.6 Å². The Labute approximate surface area is 144 Å². The fraction of sp³-hybridized carbons (Fsp3) is 0.111. The van der Waals surface area contributed by atoms with Crippen LogP contribution in [0.5, 0.6) is 17.2 Å². The second-order valence-corrected chi connectivity index (χ2v) is 4.93. The highest BCUT2D eigenvalue weighted by atomic mass is 16.5. The van der Waals surface area contributed by atoms with Crippen LogP contribution < -0.4 is 19.9 Å². The molecule has 130 valence electrons. The van der Waals surface area contributed by atoms with E-state index >= 15 is 0 Å². The first kappa shape index (κ1) is 17.9. The lowest BCUT2D eigenvalue weighted by molar-refractivity contribution is -0.271. The maximum absolute atomic E-state index is 12.0. The van der Waals surface area contributed by atoms with Crippen LogP contribution in [0.2, 0.25) is 0 Å². The van der Waals surface area contributed by atoms with Crippen LogP contribution in [0.1, 0.15) is 15.9 Å². The largest absolute Gasteiger partial charge is 0.867 e. The summed E-state index contributed by atoms with van der Waals surface area (Å²) >= 11 is 0. The van der Waals surface area contributed by atoms with Gasteiger partial charge in [-0.1, -0.05) is 12.1 Å². The van der Waals surface area contributed by atoms with Gasteiger partial charge in [-0.3, -0.25) is 4.79 Å². The van der Waals surface area contributed by atoms with E-state index in [2.05, 4.69) is 5.32 Å². The topological polar surface area (TPSA) is 108 Å². The lowest BCUT2D eigenvalue weighted by Crippen LogP contribution is -2.11. The molecule has 0 unspecified atom stereocenters. The first-order valence-electron chi connectivity index (χ1n) is 7.20. The molecule has 0 aromatic heterocycles. The molecule has 0 saturated carbocycles. The Kier molecular flexibility index (Phi) is 5.62. The number of hydrogen-bond acceptors (Lipinski definition) is 5. The van der Waals surface area contributed by atoms with E-state index in [0.717, 1.165) is 0 Å². The van der Waals surface area contributed by atoms with Crippen molar-refractivity contribution in [2.45, 2.75) is 0 Å². The van der Waals surface area contributed by atoms with Crippen molar-refractivity contribution in [3.05, 3.63) is 53.6 Å². The number of carboxylic acid groups (broad SMARTS) is 1. The Hall–Kier alpha value is -3.48. The van der Waals surface area contributed by atoms with Gasteiger partial charge in [-0.15, -0.1) is 0 Å². The number of carbonyl (C=O) groups excluding carboxylic acids is 1. The molecule has 0 radical (unpaired) electrons. The fourth-order valence-corrected chi connectivity index (χ4v) is 2.12. The van der Waals surface area contributed by atoms with Crippen molar-refractivity contribution in [3.63, 3.8) is 0 Å². The summed E-state index contributed by atoms with van der Waals surface area (Å²) in [5, 5.41) is 23.5. The van der Waals surface area contributed by atoms with Crippen LogP contribution >= 0.6 is 0 Å². The molecular formula is C18H16NO6-. The third-order valence-corrected chi connectivity index (χ3v) is 3.33. The van der Waals surface area contributed by atoms with Crippen LogP contribution in [-0.4, -0.2) is 31.2 Å². The monoisotopic (exact) mass is 342 g/mol. The minimum atomic E-state index is -1.14. The van der Waals surface area contributed by atoms with E-state index in [1.807, 2.05) is 0 Å². The van der Waals surface area contributed by atoms with E-state index in [9.17, 15) is 14.7 Å². The summed E-state index contributed by atoms with van der Waals surface area (Å²) in [6, 6.07) is 9.02. The molecule has 0 aliphatic carbocycles. The smallest absolute Gasteiger partial charge is 0.337 e. The van der Waals surface area contributed by atoms with Crippen LogP contribution in [0, 0.1) is 0 Å². The van der Waals surface area contributed by atoms with E-state index in [1.54, 1.807) is 12.1 Å².